The highest BCUT2D eigenvalue weighted by Crippen LogP contribution is 2.30. The fraction of sp³-hybridized carbons (Fsp3) is 0.238. The van der Waals surface area contributed by atoms with E-state index in [0.717, 1.165) is 50.4 Å². The summed E-state index contributed by atoms with van der Waals surface area (Å²) in [6, 6.07) is 13.7. The molecule has 0 unspecified atom stereocenters. The third kappa shape index (κ3) is 3.46. The van der Waals surface area contributed by atoms with E-state index in [2.05, 4.69) is 20.9 Å². The number of rotatable bonds is 3. The van der Waals surface area contributed by atoms with Crippen molar-refractivity contribution in [3.8, 4) is 6.07 Å². The molecular formula is C21H18F2N4. The van der Waals surface area contributed by atoms with E-state index in [-0.39, 0.29) is 10.9 Å². The largest absolute Gasteiger partial charge is 0.368 e. The number of benzene rings is 2. The smallest absolute Gasteiger partial charge is 0.149 e. The monoisotopic (exact) mass is 364 g/mol. The van der Waals surface area contributed by atoms with Gasteiger partial charge >= 0.3 is 0 Å². The van der Waals surface area contributed by atoms with Crippen molar-refractivity contribution in [2.75, 3.05) is 31.1 Å². The SMILES string of the molecule is N#Cc1ccc(CN2CCN(c3ccnc4c(F)ccc(F)c34)CC2)cc1. The lowest BCUT2D eigenvalue weighted by molar-refractivity contribution is 0.250. The highest BCUT2D eigenvalue weighted by Gasteiger charge is 2.21. The molecule has 0 spiro atoms. The van der Waals surface area contributed by atoms with E-state index in [1.165, 1.54) is 6.20 Å². The summed E-state index contributed by atoms with van der Waals surface area (Å²) in [6.45, 7) is 3.90. The molecule has 0 amide bonds. The minimum absolute atomic E-state index is 0.0764. The molecule has 1 fully saturated rings. The Kier molecular flexibility index (Phi) is 4.69. The van der Waals surface area contributed by atoms with Gasteiger partial charge in [0, 0.05) is 38.9 Å². The fourth-order valence-electron chi connectivity index (χ4n) is 3.53. The maximum Gasteiger partial charge on any atom is 0.149 e. The summed E-state index contributed by atoms with van der Waals surface area (Å²) < 4.78 is 28.3. The first-order valence-corrected chi connectivity index (χ1v) is 8.85. The van der Waals surface area contributed by atoms with Crippen LogP contribution in [0.15, 0.2) is 48.7 Å². The van der Waals surface area contributed by atoms with E-state index in [0.29, 0.717) is 11.3 Å². The Hall–Kier alpha value is -3.04. The normalized spacial score (nSPS) is 15.1. The molecule has 4 rings (SSSR count). The van der Waals surface area contributed by atoms with Gasteiger partial charge in [0.1, 0.15) is 17.2 Å². The summed E-state index contributed by atoms with van der Waals surface area (Å²) in [5, 5.41) is 9.13. The molecule has 0 atom stereocenters. The molecule has 0 radical (unpaired) electrons. The van der Waals surface area contributed by atoms with Gasteiger partial charge in [0.25, 0.3) is 0 Å². The predicted octanol–water partition coefficient (Wildman–Crippen LogP) is 3.71. The summed E-state index contributed by atoms with van der Waals surface area (Å²) in [6.07, 6.45) is 1.53. The van der Waals surface area contributed by atoms with E-state index in [1.54, 1.807) is 6.07 Å². The summed E-state index contributed by atoms with van der Waals surface area (Å²) in [5.41, 5.74) is 2.58. The second-order valence-corrected chi connectivity index (χ2v) is 6.65. The van der Waals surface area contributed by atoms with Crippen molar-refractivity contribution in [3.63, 3.8) is 0 Å². The number of anilines is 1. The fourth-order valence-corrected chi connectivity index (χ4v) is 3.53. The first kappa shape index (κ1) is 17.4. The van der Waals surface area contributed by atoms with Crippen molar-refractivity contribution in [3.05, 3.63) is 71.4 Å². The van der Waals surface area contributed by atoms with Gasteiger partial charge in [-0.2, -0.15) is 5.26 Å². The van der Waals surface area contributed by atoms with Crippen molar-refractivity contribution < 1.29 is 8.78 Å². The lowest BCUT2D eigenvalue weighted by Gasteiger charge is -2.36. The van der Waals surface area contributed by atoms with Gasteiger partial charge in [0.05, 0.1) is 22.7 Å². The van der Waals surface area contributed by atoms with Crippen LogP contribution in [0.25, 0.3) is 10.9 Å². The zero-order valence-electron chi connectivity index (χ0n) is 14.7. The van der Waals surface area contributed by atoms with Crippen LogP contribution >= 0.6 is 0 Å². The molecule has 2 aromatic carbocycles. The molecule has 1 aliphatic heterocycles. The van der Waals surface area contributed by atoms with E-state index < -0.39 is 11.6 Å². The molecular weight excluding hydrogens is 346 g/mol. The predicted molar refractivity (Wildman–Crippen MR) is 100 cm³/mol. The Balaban J connectivity index is 1.49. The number of hydrogen-bond donors (Lipinski definition) is 0. The van der Waals surface area contributed by atoms with E-state index in [9.17, 15) is 8.78 Å². The Bertz CT molecular complexity index is 1000. The van der Waals surface area contributed by atoms with Crippen LogP contribution in [0, 0.1) is 23.0 Å². The number of halogens is 2. The number of hydrogen-bond acceptors (Lipinski definition) is 4. The average Bonchev–Trinajstić information content (AvgIpc) is 2.72. The molecule has 4 nitrogen and oxygen atoms in total. The third-order valence-corrected chi connectivity index (χ3v) is 4.97. The van der Waals surface area contributed by atoms with Gasteiger partial charge in [-0.3, -0.25) is 9.88 Å². The number of pyridine rings is 1. The van der Waals surface area contributed by atoms with Crippen LogP contribution in [0.2, 0.25) is 0 Å². The maximum absolute atomic E-state index is 14.3. The molecule has 1 aliphatic rings. The number of nitrogens with zero attached hydrogens (tertiary/aromatic N) is 4. The van der Waals surface area contributed by atoms with Gasteiger partial charge in [0.2, 0.25) is 0 Å². The van der Waals surface area contributed by atoms with Gasteiger partial charge in [-0.15, -0.1) is 0 Å². The highest BCUT2D eigenvalue weighted by atomic mass is 19.1. The number of fused-ring (bicyclic) bond motifs is 1. The molecule has 3 aromatic rings. The van der Waals surface area contributed by atoms with Gasteiger partial charge in [0.15, 0.2) is 0 Å². The third-order valence-electron chi connectivity index (χ3n) is 4.97. The number of piperazine rings is 1. The zero-order valence-corrected chi connectivity index (χ0v) is 14.7. The van der Waals surface area contributed by atoms with Crippen molar-refractivity contribution in [2.24, 2.45) is 0 Å². The van der Waals surface area contributed by atoms with Gasteiger partial charge < -0.3 is 4.90 Å². The second kappa shape index (κ2) is 7.29. The number of aromatic nitrogens is 1. The molecule has 0 saturated carbocycles. The average molecular weight is 364 g/mol. The van der Waals surface area contributed by atoms with Crippen LogP contribution < -0.4 is 4.90 Å². The summed E-state index contributed by atoms with van der Waals surface area (Å²) in [5.74, 6) is -0.956. The number of nitriles is 1. The molecule has 2 heterocycles. The van der Waals surface area contributed by atoms with Crippen LogP contribution in [0.3, 0.4) is 0 Å². The highest BCUT2D eigenvalue weighted by molar-refractivity contribution is 5.92. The minimum Gasteiger partial charge on any atom is -0.368 e. The van der Waals surface area contributed by atoms with Crippen LogP contribution in [0.1, 0.15) is 11.1 Å². The Morgan fingerprint density at radius 3 is 2.33 bits per heavy atom. The van der Waals surface area contributed by atoms with Crippen molar-refractivity contribution >= 4 is 16.6 Å². The van der Waals surface area contributed by atoms with Crippen molar-refractivity contribution in [1.29, 1.82) is 5.26 Å². The lowest BCUT2D eigenvalue weighted by atomic mass is 10.1. The van der Waals surface area contributed by atoms with E-state index in [4.69, 9.17) is 5.26 Å². The van der Waals surface area contributed by atoms with Crippen molar-refractivity contribution in [2.45, 2.75) is 6.54 Å². The van der Waals surface area contributed by atoms with Crippen LogP contribution in [0.5, 0.6) is 0 Å². The van der Waals surface area contributed by atoms with E-state index in [1.807, 2.05) is 24.3 Å². The van der Waals surface area contributed by atoms with Crippen LogP contribution in [0.4, 0.5) is 14.5 Å². The Morgan fingerprint density at radius 2 is 1.63 bits per heavy atom. The molecule has 0 N–H and O–H groups in total. The van der Waals surface area contributed by atoms with Crippen molar-refractivity contribution in [1.82, 2.24) is 9.88 Å². The zero-order chi connectivity index (χ0) is 18.8. The van der Waals surface area contributed by atoms with Gasteiger partial charge in [-0.25, -0.2) is 8.78 Å². The molecule has 1 saturated heterocycles. The maximum atomic E-state index is 14.3. The lowest BCUT2D eigenvalue weighted by Crippen LogP contribution is -2.46. The molecule has 6 heteroatoms. The minimum atomic E-state index is -0.507. The topological polar surface area (TPSA) is 43.2 Å². The molecule has 0 bridgehead atoms. The molecule has 136 valence electrons. The van der Waals surface area contributed by atoms with Gasteiger partial charge in [-0.1, -0.05) is 12.1 Å². The Labute approximate surface area is 156 Å². The van der Waals surface area contributed by atoms with Gasteiger partial charge in [-0.05, 0) is 35.9 Å². The molecule has 27 heavy (non-hydrogen) atoms. The first-order valence-electron chi connectivity index (χ1n) is 8.85. The second-order valence-electron chi connectivity index (χ2n) is 6.65. The standard InChI is InChI=1S/C21H18F2N4/c22-17-5-6-18(23)21-20(17)19(7-8-25-21)27-11-9-26(10-12-27)14-16-3-1-15(13-24)2-4-16/h1-8H,9-12,14H2. The van der Waals surface area contributed by atoms with E-state index >= 15 is 0 Å². The van der Waals surface area contributed by atoms with Crippen LogP contribution in [-0.4, -0.2) is 36.1 Å². The molecule has 0 aliphatic carbocycles. The quantitative estimate of drug-likeness (QED) is 0.711. The summed E-state index contributed by atoms with van der Waals surface area (Å²) in [7, 11) is 0. The first-order chi connectivity index (χ1) is 13.2. The molecule has 1 aromatic heterocycles. The summed E-state index contributed by atoms with van der Waals surface area (Å²) in [4.78, 5) is 8.41. The Morgan fingerprint density at radius 1 is 0.926 bits per heavy atom. The van der Waals surface area contributed by atoms with Crippen LogP contribution in [-0.2, 0) is 6.54 Å². The summed E-state index contributed by atoms with van der Waals surface area (Å²) >= 11 is 0.